The maximum atomic E-state index is 10.9. The minimum Gasteiger partial charge on any atom is -0.480 e. The number of carboxylic acids is 1. The van der Waals surface area contributed by atoms with E-state index in [2.05, 4.69) is 25.9 Å². The second-order valence-electron chi connectivity index (χ2n) is 3.40. The van der Waals surface area contributed by atoms with Crippen molar-refractivity contribution in [1.29, 1.82) is 0 Å². The largest absolute Gasteiger partial charge is 0.480 e. The number of ether oxygens (including phenoxy) is 1. The van der Waals surface area contributed by atoms with Gasteiger partial charge in [-0.05, 0) is 6.07 Å². The molecule has 0 atom stereocenters. The summed E-state index contributed by atoms with van der Waals surface area (Å²) >= 11 is 3.39. The van der Waals surface area contributed by atoms with Gasteiger partial charge in [-0.2, -0.15) is 4.98 Å². The van der Waals surface area contributed by atoms with Crippen molar-refractivity contribution in [3.63, 3.8) is 0 Å². The molecule has 6 heteroatoms. The van der Waals surface area contributed by atoms with Crippen LogP contribution in [0.3, 0.4) is 0 Å². The summed E-state index contributed by atoms with van der Waals surface area (Å²) in [6, 6.07) is 7.41. The van der Waals surface area contributed by atoms with Gasteiger partial charge in [0.1, 0.15) is 5.56 Å². The van der Waals surface area contributed by atoms with E-state index in [0.717, 1.165) is 10.0 Å². The van der Waals surface area contributed by atoms with Gasteiger partial charge in [-0.3, -0.25) is 0 Å². The molecule has 1 N–H and O–H groups in total. The van der Waals surface area contributed by atoms with E-state index in [1.165, 1.54) is 13.3 Å². The van der Waals surface area contributed by atoms with Crippen molar-refractivity contribution in [2.24, 2.45) is 0 Å². The SMILES string of the molecule is COc1nc(-c2ccccc2Br)ncc1C(=O)O. The van der Waals surface area contributed by atoms with Gasteiger partial charge in [0, 0.05) is 16.2 Å². The summed E-state index contributed by atoms with van der Waals surface area (Å²) in [4.78, 5) is 19.1. The molecular formula is C12H9BrN2O3. The summed E-state index contributed by atoms with van der Waals surface area (Å²) in [7, 11) is 1.37. The predicted molar refractivity (Wildman–Crippen MR) is 68.7 cm³/mol. The van der Waals surface area contributed by atoms with E-state index in [0.29, 0.717) is 5.82 Å². The number of rotatable bonds is 3. The van der Waals surface area contributed by atoms with Crippen LogP contribution in [0.2, 0.25) is 0 Å². The third-order valence-corrected chi connectivity index (χ3v) is 2.98. The number of carboxylic acid groups (broad SMARTS) is 1. The van der Waals surface area contributed by atoms with Gasteiger partial charge in [0.15, 0.2) is 5.82 Å². The summed E-state index contributed by atoms with van der Waals surface area (Å²) in [5, 5.41) is 8.94. The van der Waals surface area contributed by atoms with E-state index >= 15 is 0 Å². The zero-order valence-corrected chi connectivity index (χ0v) is 11.0. The molecule has 0 saturated heterocycles. The van der Waals surface area contributed by atoms with Crippen molar-refractivity contribution in [3.05, 3.63) is 40.5 Å². The van der Waals surface area contributed by atoms with Gasteiger partial charge >= 0.3 is 5.97 Å². The van der Waals surface area contributed by atoms with Crippen LogP contribution in [0.5, 0.6) is 5.88 Å². The van der Waals surface area contributed by atoms with E-state index in [9.17, 15) is 4.79 Å². The summed E-state index contributed by atoms with van der Waals surface area (Å²) in [6.45, 7) is 0. The Hall–Kier alpha value is -1.95. The first-order valence-electron chi connectivity index (χ1n) is 5.02. The molecule has 1 aromatic heterocycles. The molecule has 2 aromatic rings. The van der Waals surface area contributed by atoms with Crippen LogP contribution in [0.25, 0.3) is 11.4 Å². The van der Waals surface area contributed by atoms with Crippen molar-refractivity contribution in [2.45, 2.75) is 0 Å². The third-order valence-electron chi connectivity index (χ3n) is 2.29. The quantitative estimate of drug-likeness (QED) is 0.943. The van der Waals surface area contributed by atoms with Crippen LogP contribution in [0, 0.1) is 0 Å². The number of carbonyl (C=O) groups is 1. The molecule has 5 nitrogen and oxygen atoms in total. The number of halogens is 1. The maximum Gasteiger partial charge on any atom is 0.342 e. The van der Waals surface area contributed by atoms with Crippen molar-refractivity contribution < 1.29 is 14.6 Å². The molecule has 1 aromatic carbocycles. The fourth-order valence-electron chi connectivity index (χ4n) is 1.44. The zero-order chi connectivity index (χ0) is 13.1. The normalized spacial score (nSPS) is 10.1. The van der Waals surface area contributed by atoms with Crippen LogP contribution in [-0.2, 0) is 0 Å². The van der Waals surface area contributed by atoms with E-state index in [4.69, 9.17) is 9.84 Å². The number of benzene rings is 1. The molecule has 0 amide bonds. The van der Waals surface area contributed by atoms with Crippen LogP contribution in [0.1, 0.15) is 10.4 Å². The predicted octanol–water partition coefficient (Wildman–Crippen LogP) is 2.61. The topological polar surface area (TPSA) is 72.3 Å². The highest BCUT2D eigenvalue weighted by molar-refractivity contribution is 9.10. The minimum absolute atomic E-state index is 0.0447. The Morgan fingerprint density at radius 1 is 1.39 bits per heavy atom. The highest BCUT2D eigenvalue weighted by Crippen LogP contribution is 2.27. The average molecular weight is 309 g/mol. The van der Waals surface area contributed by atoms with Gasteiger partial charge in [-0.15, -0.1) is 0 Å². The van der Waals surface area contributed by atoms with Gasteiger partial charge in [-0.1, -0.05) is 34.1 Å². The molecule has 2 rings (SSSR count). The van der Waals surface area contributed by atoms with Gasteiger partial charge in [-0.25, -0.2) is 9.78 Å². The lowest BCUT2D eigenvalue weighted by molar-refractivity contribution is 0.0692. The second-order valence-corrected chi connectivity index (χ2v) is 4.26. The molecule has 0 fully saturated rings. The number of hydrogen-bond donors (Lipinski definition) is 1. The van der Waals surface area contributed by atoms with Gasteiger partial charge in [0.05, 0.1) is 7.11 Å². The van der Waals surface area contributed by atoms with Crippen LogP contribution in [0.4, 0.5) is 0 Å². The number of methoxy groups -OCH3 is 1. The van der Waals surface area contributed by atoms with E-state index in [-0.39, 0.29) is 11.4 Å². The summed E-state index contributed by atoms with van der Waals surface area (Å²) in [6.07, 6.45) is 1.24. The van der Waals surface area contributed by atoms with Crippen molar-refractivity contribution >= 4 is 21.9 Å². The Morgan fingerprint density at radius 2 is 2.11 bits per heavy atom. The fraction of sp³-hybridized carbons (Fsp3) is 0.0833. The van der Waals surface area contributed by atoms with E-state index < -0.39 is 5.97 Å². The number of hydrogen-bond acceptors (Lipinski definition) is 4. The monoisotopic (exact) mass is 308 g/mol. The second kappa shape index (κ2) is 5.14. The Kier molecular flexibility index (Phi) is 3.57. The number of aromatic carboxylic acids is 1. The van der Waals surface area contributed by atoms with Gasteiger partial charge < -0.3 is 9.84 Å². The lowest BCUT2D eigenvalue weighted by Crippen LogP contribution is -2.05. The third kappa shape index (κ3) is 2.33. The Morgan fingerprint density at radius 3 is 2.72 bits per heavy atom. The molecule has 0 aliphatic heterocycles. The maximum absolute atomic E-state index is 10.9. The smallest absolute Gasteiger partial charge is 0.342 e. The lowest BCUT2D eigenvalue weighted by atomic mass is 10.2. The van der Waals surface area contributed by atoms with E-state index in [1.807, 2.05) is 24.3 Å². The molecule has 1 heterocycles. The van der Waals surface area contributed by atoms with Crippen molar-refractivity contribution in [2.75, 3.05) is 7.11 Å². The summed E-state index contributed by atoms with van der Waals surface area (Å²) < 4.78 is 5.79. The van der Waals surface area contributed by atoms with Gasteiger partial charge in [0.2, 0.25) is 5.88 Å². The molecule has 0 spiro atoms. The molecule has 0 aliphatic rings. The highest BCUT2D eigenvalue weighted by atomic mass is 79.9. The van der Waals surface area contributed by atoms with E-state index in [1.54, 1.807) is 0 Å². The van der Waals surface area contributed by atoms with Gasteiger partial charge in [0.25, 0.3) is 0 Å². The Bertz CT molecular complexity index is 602. The van der Waals surface area contributed by atoms with Crippen LogP contribution in [0.15, 0.2) is 34.9 Å². The first-order chi connectivity index (χ1) is 8.63. The molecule has 0 radical (unpaired) electrons. The standard InChI is InChI=1S/C12H9BrN2O3/c1-18-11-8(12(16)17)6-14-10(15-11)7-4-2-3-5-9(7)13/h2-6H,1H3,(H,16,17). The highest BCUT2D eigenvalue weighted by Gasteiger charge is 2.15. The van der Waals surface area contributed by atoms with Crippen molar-refractivity contribution in [1.82, 2.24) is 9.97 Å². The first kappa shape index (κ1) is 12.5. The van der Waals surface area contributed by atoms with Crippen molar-refractivity contribution in [3.8, 4) is 17.3 Å². The van der Waals surface area contributed by atoms with Crippen LogP contribution in [-0.4, -0.2) is 28.2 Å². The number of aromatic nitrogens is 2. The van der Waals surface area contributed by atoms with Crippen LogP contribution >= 0.6 is 15.9 Å². The molecule has 0 saturated carbocycles. The molecule has 0 bridgehead atoms. The Balaban J connectivity index is 2.55. The fourth-order valence-corrected chi connectivity index (χ4v) is 1.90. The zero-order valence-electron chi connectivity index (χ0n) is 9.42. The number of nitrogens with zero attached hydrogens (tertiary/aromatic N) is 2. The first-order valence-corrected chi connectivity index (χ1v) is 5.82. The lowest BCUT2D eigenvalue weighted by Gasteiger charge is -2.07. The molecule has 18 heavy (non-hydrogen) atoms. The summed E-state index contributed by atoms with van der Waals surface area (Å²) in [5.74, 6) is -0.668. The molecule has 92 valence electrons. The molecular weight excluding hydrogens is 300 g/mol. The Labute approximate surface area is 112 Å². The molecule has 0 aliphatic carbocycles. The van der Waals surface area contributed by atoms with Crippen LogP contribution < -0.4 is 4.74 Å². The average Bonchev–Trinajstić information content (AvgIpc) is 2.38. The minimum atomic E-state index is -1.12. The molecule has 0 unspecified atom stereocenters. The summed E-state index contributed by atoms with van der Waals surface area (Å²) in [5.41, 5.74) is 0.709.